The molecule has 0 atom stereocenters. The number of phenolic OH excluding ortho intramolecular Hbond substituents is 12. The van der Waals surface area contributed by atoms with Crippen molar-refractivity contribution in [2.45, 2.75) is 0 Å². The maximum absolute atomic E-state index is 12.0. The molecule has 0 saturated carbocycles. The number of para-hydroxylation sites is 1. The summed E-state index contributed by atoms with van der Waals surface area (Å²) >= 11 is 0. The van der Waals surface area contributed by atoms with Crippen molar-refractivity contribution in [1.29, 1.82) is 0 Å². The first-order valence-corrected chi connectivity index (χ1v) is 17.6. The molecule has 0 amide bonds. The number of aromatic hydroxyl groups is 12. The lowest BCUT2D eigenvalue weighted by atomic mass is 9.78. The van der Waals surface area contributed by atoms with Crippen molar-refractivity contribution in [3.8, 4) is 114 Å². The van der Waals surface area contributed by atoms with Crippen LogP contribution in [-0.2, 0) is 0 Å². The summed E-state index contributed by atoms with van der Waals surface area (Å²) in [4.78, 5) is 0. The fraction of sp³-hybridized carbons (Fsp3) is 0. The summed E-state index contributed by atoms with van der Waals surface area (Å²) in [7, 11) is 12.1. The average Bonchev–Trinajstić information content (AvgIpc) is 3.63. The minimum absolute atomic E-state index is 0.00156. The number of hydrogen-bond acceptors (Lipinski definition) is 13. The van der Waals surface area contributed by atoms with Crippen LogP contribution in [0.5, 0.6) is 69.0 Å². The van der Waals surface area contributed by atoms with E-state index in [0.717, 1.165) is 10.8 Å². The van der Waals surface area contributed by atoms with Crippen molar-refractivity contribution in [3.63, 3.8) is 0 Å². The van der Waals surface area contributed by atoms with Gasteiger partial charge in [-0.3, -0.25) is 0 Å². The van der Waals surface area contributed by atoms with Crippen LogP contribution in [0, 0.1) is 0 Å². The molecule has 9 rings (SSSR count). The monoisotopic (exact) mass is 784 g/mol. The summed E-state index contributed by atoms with van der Waals surface area (Å²) in [5, 5.41) is 134. The molecule has 4 radical (unpaired) electrons. The maximum Gasteiger partial charge on any atom is 0.208 e. The van der Waals surface area contributed by atoms with E-state index in [-0.39, 0.29) is 16.5 Å². The van der Waals surface area contributed by atoms with Gasteiger partial charge in [-0.05, 0) is 67.4 Å². The van der Waals surface area contributed by atoms with Gasteiger partial charge in [0.05, 0.1) is 16.7 Å². The van der Waals surface area contributed by atoms with E-state index in [0.29, 0.717) is 38.5 Å². The Morgan fingerprint density at radius 3 is 1.44 bits per heavy atom. The van der Waals surface area contributed by atoms with E-state index in [1.54, 1.807) is 36.4 Å². The van der Waals surface area contributed by atoms with Crippen LogP contribution >= 0.6 is 0 Å². The van der Waals surface area contributed by atoms with Crippen LogP contribution in [0.25, 0.3) is 88.0 Å². The Balaban J connectivity index is 1.47. The molecule has 286 valence electrons. The quantitative estimate of drug-likeness (QED) is 0.0389. The number of rotatable bonds is 4. The average molecular weight is 784 g/mol. The van der Waals surface area contributed by atoms with Crippen LogP contribution in [-0.4, -0.2) is 77.0 Å². The predicted molar refractivity (Wildman–Crippen MR) is 221 cm³/mol. The molecule has 15 heteroatoms. The van der Waals surface area contributed by atoms with Crippen molar-refractivity contribution in [1.82, 2.24) is 0 Å². The van der Waals surface area contributed by atoms with Crippen LogP contribution in [0.3, 0.4) is 0 Å². The Hall–Kier alpha value is -8.19. The summed E-state index contributed by atoms with van der Waals surface area (Å²) in [5.74, 6) is -13.2. The van der Waals surface area contributed by atoms with E-state index in [1.807, 2.05) is 36.4 Å². The van der Waals surface area contributed by atoms with Gasteiger partial charge in [0.15, 0.2) is 46.0 Å². The number of phenols is 12. The first kappa shape index (κ1) is 36.4. The Labute approximate surface area is 333 Å². The minimum Gasteiger partial charge on any atom is -0.508 e. The van der Waals surface area contributed by atoms with Crippen molar-refractivity contribution in [3.05, 3.63) is 84.9 Å². The molecule has 0 spiro atoms. The van der Waals surface area contributed by atoms with Crippen LogP contribution in [0.15, 0.2) is 89.3 Å². The smallest absolute Gasteiger partial charge is 0.208 e. The van der Waals surface area contributed by atoms with Gasteiger partial charge in [-0.25, -0.2) is 0 Å². The second-order valence-corrected chi connectivity index (χ2v) is 13.8. The van der Waals surface area contributed by atoms with Gasteiger partial charge < -0.3 is 65.7 Å². The first-order valence-electron chi connectivity index (χ1n) is 17.6. The molecule has 0 aliphatic rings. The standard InChI is InChI=1S/C44H26B2O13/c45-31-28(30-38(52)42(56)44(58)43(57)39(30)53)36(50)37(51)29(33(31)47)27-17-7-2-1-6-16(17)25(20-9-5-11-23-26(20)19-8-3-4-10-22(19)59-23)18-13-12-15(14-21(18)27)24-34(48)40(54)32(46)41(55)35(24)49/h1-14,47-58H. The largest absolute Gasteiger partial charge is 0.508 e. The van der Waals surface area contributed by atoms with E-state index in [1.165, 1.54) is 12.1 Å². The highest BCUT2D eigenvalue weighted by Crippen LogP contribution is 2.60. The van der Waals surface area contributed by atoms with Crippen molar-refractivity contribution >= 4 is 70.1 Å². The number of fused-ring (bicyclic) bond motifs is 5. The Morgan fingerprint density at radius 1 is 0.322 bits per heavy atom. The van der Waals surface area contributed by atoms with Gasteiger partial charge in [0.1, 0.15) is 32.6 Å². The van der Waals surface area contributed by atoms with Crippen molar-refractivity contribution in [2.75, 3.05) is 0 Å². The molecule has 12 N–H and O–H groups in total. The van der Waals surface area contributed by atoms with E-state index < -0.39 is 102 Å². The summed E-state index contributed by atoms with van der Waals surface area (Å²) in [6.45, 7) is 0. The number of furan rings is 1. The molecule has 0 saturated heterocycles. The van der Waals surface area contributed by atoms with Gasteiger partial charge in [-0.2, -0.15) is 0 Å². The van der Waals surface area contributed by atoms with E-state index >= 15 is 0 Å². The molecule has 59 heavy (non-hydrogen) atoms. The lowest BCUT2D eigenvalue weighted by Gasteiger charge is -2.23. The lowest BCUT2D eigenvalue weighted by molar-refractivity contribution is 0.329. The zero-order valence-electron chi connectivity index (χ0n) is 30.0. The van der Waals surface area contributed by atoms with Gasteiger partial charge in [-0.1, -0.05) is 66.7 Å². The van der Waals surface area contributed by atoms with Crippen LogP contribution in [0.1, 0.15) is 0 Å². The van der Waals surface area contributed by atoms with Crippen molar-refractivity contribution < 1.29 is 65.7 Å². The molecular formula is C44H26B2O13. The van der Waals surface area contributed by atoms with E-state index in [9.17, 15) is 61.3 Å². The lowest BCUT2D eigenvalue weighted by Crippen LogP contribution is -2.10. The Morgan fingerprint density at radius 2 is 0.797 bits per heavy atom. The van der Waals surface area contributed by atoms with Gasteiger partial charge in [0.2, 0.25) is 17.2 Å². The summed E-state index contributed by atoms with van der Waals surface area (Å²) in [5.41, 5.74) is -1.73. The minimum atomic E-state index is -1.32. The highest BCUT2D eigenvalue weighted by molar-refractivity contribution is 6.40. The summed E-state index contributed by atoms with van der Waals surface area (Å²) in [6.07, 6.45) is 0. The fourth-order valence-corrected chi connectivity index (χ4v) is 8.01. The molecule has 9 aromatic rings. The SMILES string of the molecule is [B]c1c(O)c(O)c(-c2ccc3c(-c4cccc5oc6ccccc6c45)c4ccccc4c(-c4c(O)c([B])c(-c5c(O)c(O)c(O)c(O)c5O)c(O)c4O)c3c2)c(O)c1O. The molecule has 0 aliphatic carbocycles. The van der Waals surface area contributed by atoms with Gasteiger partial charge in [0, 0.05) is 21.9 Å². The van der Waals surface area contributed by atoms with Gasteiger partial charge >= 0.3 is 0 Å². The number of hydrogen-bond donors (Lipinski definition) is 12. The fourth-order valence-electron chi connectivity index (χ4n) is 8.01. The predicted octanol–water partition coefficient (Wildman–Crippen LogP) is 6.62. The second kappa shape index (κ2) is 12.7. The third-order valence-electron chi connectivity index (χ3n) is 10.7. The summed E-state index contributed by atoms with van der Waals surface area (Å²) < 4.78 is 6.21. The first-order chi connectivity index (χ1) is 28.1. The zero-order chi connectivity index (χ0) is 41.9. The van der Waals surface area contributed by atoms with E-state index in [2.05, 4.69) is 0 Å². The van der Waals surface area contributed by atoms with Crippen LogP contribution in [0.4, 0.5) is 0 Å². The third-order valence-corrected chi connectivity index (χ3v) is 10.7. The highest BCUT2D eigenvalue weighted by atomic mass is 16.4. The normalized spacial score (nSPS) is 11.7. The van der Waals surface area contributed by atoms with Crippen LogP contribution in [0.2, 0.25) is 0 Å². The molecule has 0 unspecified atom stereocenters. The zero-order valence-corrected chi connectivity index (χ0v) is 30.0. The van der Waals surface area contributed by atoms with Gasteiger partial charge in [0.25, 0.3) is 0 Å². The molecule has 1 aromatic heterocycles. The molecule has 8 aromatic carbocycles. The second-order valence-electron chi connectivity index (χ2n) is 13.8. The maximum atomic E-state index is 12.0. The molecule has 0 bridgehead atoms. The molecular weight excluding hydrogens is 758 g/mol. The summed E-state index contributed by atoms with van der Waals surface area (Å²) in [6, 6.07) is 24.3. The van der Waals surface area contributed by atoms with E-state index in [4.69, 9.17) is 20.1 Å². The highest BCUT2D eigenvalue weighted by Gasteiger charge is 2.33. The van der Waals surface area contributed by atoms with Crippen LogP contribution < -0.4 is 10.9 Å². The topological polar surface area (TPSA) is 256 Å². The number of benzene rings is 8. The van der Waals surface area contributed by atoms with Gasteiger partial charge in [-0.15, -0.1) is 0 Å². The Bertz CT molecular complexity index is 3250. The molecule has 0 aliphatic heterocycles. The third kappa shape index (κ3) is 4.88. The molecule has 13 nitrogen and oxygen atoms in total. The Kier molecular flexibility index (Phi) is 7.82. The van der Waals surface area contributed by atoms with Crippen molar-refractivity contribution in [2.24, 2.45) is 0 Å². The molecule has 1 heterocycles. The molecule has 0 fully saturated rings.